The summed E-state index contributed by atoms with van der Waals surface area (Å²) in [5.41, 5.74) is 8.63. The maximum Gasteiger partial charge on any atom is 0.141 e. The largest absolute Gasteiger partial charge is 0.399 e. The Kier molecular flexibility index (Phi) is 2.43. The molecule has 0 radical (unpaired) electrons. The Balaban J connectivity index is 2.22. The summed E-state index contributed by atoms with van der Waals surface area (Å²) in [5, 5.41) is 8.86. The van der Waals surface area contributed by atoms with Gasteiger partial charge in [-0.05, 0) is 36.4 Å². The fourth-order valence-corrected chi connectivity index (χ4v) is 1.98. The molecule has 3 aromatic rings. The van der Waals surface area contributed by atoms with Crippen LogP contribution in [-0.2, 0) is 0 Å². The van der Waals surface area contributed by atoms with Crippen LogP contribution in [0.15, 0.2) is 42.7 Å². The number of hydrogen-bond donors (Lipinski definition) is 1. The standard InChI is InChI=1S/C14H9FN4/c15-12-3-2-11(5-9(12)7-16)19-8-18-13-6-10(17)1-4-14(13)19/h1-6,8H,17H2. The summed E-state index contributed by atoms with van der Waals surface area (Å²) < 4.78 is 15.1. The van der Waals surface area contributed by atoms with Crippen LogP contribution in [0.3, 0.4) is 0 Å². The lowest BCUT2D eigenvalue weighted by Gasteiger charge is -2.05. The van der Waals surface area contributed by atoms with Crippen molar-refractivity contribution in [3.8, 4) is 11.8 Å². The molecule has 1 aromatic heterocycles. The minimum Gasteiger partial charge on any atom is -0.399 e. The van der Waals surface area contributed by atoms with Gasteiger partial charge >= 0.3 is 0 Å². The molecule has 0 aliphatic heterocycles. The van der Waals surface area contributed by atoms with Crippen molar-refractivity contribution in [1.29, 1.82) is 5.26 Å². The highest BCUT2D eigenvalue weighted by Gasteiger charge is 2.08. The zero-order chi connectivity index (χ0) is 13.4. The molecule has 0 atom stereocenters. The number of nitriles is 1. The van der Waals surface area contributed by atoms with E-state index in [4.69, 9.17) is 11.0 Å². The van der Waals surface area contributed by atoms with E-state index in [0.717, 1.165) is 11.0 Å². The topological polar surface area (TPSA) is 67.6 Å². The van der Waals surface area contributed by atoms with Gasteiger partial charge in [0.1, 0.15) is 18.2 Å². The average molecular weight is 252 g/mol. The summed E-state index contributed by atoms with van der Waals surface area (Å²) >= 11 is 0. The van der Waals surface area contributed by atoms with Gasteiger partial charge in [0.15, 0.2) is 0 Å². The van der Waals surface area contributed by atoms with Crippen LogP contribution in [0.4, 0.5) is 10.1 Å². The molecule has 19 heavy (non-hydrogen) atoms. The second-order valence-electron chi connectivity index (χ2n) is 4.14. The lowest BCUT2D eigenvalue weighted by molar-refractivity contribution is 0.623. The van der Waals surface area contributed by atoms with Crippen molar-refractivity contribution in [2.24, 2.45) is 0 Å². The van der Waals surface area contributed by atoms with Crippen molar-refractivity contribution < 1.29 is 4.39 Å². The number of nitrogens with two attached hydrogens (primary N) is 1. The monoisotopic (exact) mass is 252 g/mol. The maximum atomic E-state index is 13.3. The normalized spacial score (nSPS) is 10.5. The van der Waals surface area contributed by atoms with E-state index in [1.165, 1.54) is 12.1 Å². The summed E-state index contributed by atoms with van der Waals surface area (Å²) in [4.78, 5) is 4.24. The number of benzene rings is 2. The van der Waals surface area contributed by atoms with Crippen molar-refractivity contribution in [2.45, 2.75) is 0 Å². The van der Waals surface area contributed by atoms with E-state index >= 15 is 0 Å². The molecule has 0 saturated carbocycles. The molecule has 0 aliphatic rings. The van der Waals surface area contributed by atoms with Crippen LogP contribution in [0.25, 0.3) is 16.7 Å². The van der Waals surface area contributed by atoms with E-state index in [-0.39, 0.29) is 5.56 Å². The number of rotatable bonds is 1. The lowest BCUT2D eigenvalue weighted by atomic mass is 10.2. The van der Waals surface area contributed by atoms with Crippen molar-refractivity contribution in [2.75, 3.05) is 5.73 Å². The number of fused-ring (bicyclic) bond motifs is 1. The number of aromatic nitrogens is 2. The average Bonchev–Trinajstić information content (AvgIpc) is 2.82. The van der Waals surface area contributed by atoms with Gasteiger partial charge in [-0.3, -0.25) is 4.57 Å². The predicted octanol–water partition coefficient (Wildman–Crippen LogP) is 2.62. The number of nitrogen functional groups attached to an aromatic ring is 1. The summed E-state index contributed by atoms with van der Waals surface area (Å²) in [7, 11) is 0. The Bertz CT molecular complexity index is 814. The Labute approximate surface area is 108 Å². The molecule has 2 aromatic carbocycles. The first-order chi connectivity index (χ1) is 9.19. The maximum absolute atomic E-state index is 13.3. The summed E-state index contributed by atoms with van der Waals surface area (Å²) in [6.07, 6.45) is 1.62. The number of hydrogen-bond acceptors (Lipinski definition) is 3. The molecule has 92 valence electrons. The molecular formula is C14H9FN4. The molecule has 0 aliphatic carbocycles. The number of nitrogens with zero attached hydrogens (tertiary/aromatic N) is 3. The van der Waals surface area contributed by atoms with Crippen LogP contribution in [0, 0.1) is 17.1 Å². The molecule has 5 heteroatoms. The van der Waals surface area contributed by atoms with Crippen LogP contribution in [0.5, 0.6) is 0 Å². The third kappa shape index (κ3) is 1.79. The number of anilines is 1. The van der Waals surface area contributed by atoms with Gasteiger partial charge in [-0.2, -0.15) is 5.26 Å². The van der Waals surface area contributed by atoms with Crippen LogP contribution >= 0.6 is 0 Å². The Morgan fingerprint density at radius 1 is 1.21 bits per heavy atom. The van der Waals surface area contributed by atoms with Crippen molar-refractivity contribution >= 4 is 16.7 Å². The van der Waals surface area contributed by atoms with Crippen LogP contribution in [0.1, 0.15) is 5.56 Å². The molecule has 4 nitrogen and oxygen atoms in total. The van der Waals surface area contributed by atoms with Gasteiger partial charge in [-0.25, -0.2) is 9.37 Å². The quantitative estimate of drug-likeness (QED) is 0.677. The second kappa shape index (κ2) is 4.10. The number of halogens is 1. The van der Waals surface area contributed by atoms with Crippen molar-refractivity contribution in [3.05, 3.63) is 54.1 Å². The van der Waals surface area contributed by atoms with Gasteiger partial charge < -0.3 is 5.73 Å². The minimum absolute atomic E-state index is 0.00907. The highest BCUT2D eigenvalue weighted by atomic mass is 19.1. The van der Waals surface area contributed by atoms with Gasteiger partial charge in [-0.15, -0.1) is 0 Å². The van der Waals surface area contributed by atoms with Crippen molar-refractivity contribution in [1.82, 2.24) is 9.55 Å². The van der Waals surface area contributed by atoms with Crippen LogP contribution in [0.2, 0.25) is 0 Å². The van der Waals surface area contributed by atoms with E-state index in [9.17, 15) is 4.39 Å². The van der Waals surface area contributed by atoms with Crippen LogP contribution in [-0.4, -0.2) is 9.55 Å². The zero-order valence-corrected chi connectivity index (χ0v) is 9.84. The molecule has 0 fully saturated rings. The van der Waals surface area contributed by atoms with Gasteiger partial charge in [0.2, 0.25) is 0 Å². The van der Waals surface area contributed by atoms with Crippen molar-refractivity contribution in [3.63, 3.8) is 0 Å². The van der Waals surface area contributed by atoms with E-state index in [1.807, 2.05) is 12.1 Å². The smallest absolute Gasteiger partial charge is 0.141 e. The third-order valence-corrected chi connectivity index (χ3v) is 2.92. The number of imidazole rings is 1. The fourth-order valence-electron chi connectivity index (χ4n) is 1.98. The van der Waals surface area contributed by atoms with Gasteiger partial charge in [0.25, 0.3) is 0 Å². The van der Waals surface area contributed by atoms with E-state index in [2.05, 4.69) is 4.98 Å². The summed E-state index contributed by atoms with van der Waals surface area (Å²) in [6.45, 7) is 0. The summed E-state index contributed by atoms with van der Waals surface area (Å²) in [5.74, 6) is -0.528. The molecule has 0 spiro atoms. The molecule has 0 unspecified atom stereocenters. The summed E-state index contributed by atoms with van der Waals surface area (Å²) in [6, 6.07) is 11.6. The van der Waals surface area contributed by atoms with Gasteiger partial charge in [0, 0.05) is 11.4 Å². The highest BCUT2D eigenvalue weighted by Crippen LogP contribution is 2.21. The highest BCUT2D eigenvalue weighted by molar-refractivity contribution is 5.80. The molecule has 1 heterocycles. The van der Waals surface area contributed by atoms with Gasteiger partial charge in [0.05, 0.1) is 16.6 Å². The molecule has 0 amide bonds. The van der Waals surface area contributed by atoms with E-state index < -0.39 is 5.82 Å². The Hall–Kier alpha value is -2.87. The second-order valence-corrected chi connectivity index (χ2v) is 4.14. The first-order valence-corrected chi connectivity index (χ1v) is 5.61. The molecule has 0 saturated heterocycles. The molecule has 0 bridgehead atoms. The van der Waals surface area contributed by atoms with E-state index in [1.54, 1.807) is 29.1 Å². The van der Waals surface area contributed by atoms with Gasteiger partial charge in [-0.1, -0.05) is 0 Å². The lowest BCUT2D eigenvalue weighted by Crippen LogP contribution is -1.94. The fraction of sp³-hybridized carbons (Fsp3) is 0. The molecule has 3 rings (SSSR count). The van der Waals surface area contributed by atoms with Crippen LogP contribution < -0.4 is 5.73 Å². The Morgan fingerprint density at radius 2 is 2.05 bits per heavy atom. The third-order valence-electron chi connectivity index (χ3n) is 2.92. The zero-order valence-electron chi connectivity index (χ0n) is 9.84. The first-order valence-electron chi connectivity index (χ1n) is 5.61. The first kappa shape index (κ1) is 11.2. The van der Waals surface area contributed by atoms with E-state index in [0.29, 0.717) is 11.4 Å². The predicted molar refractivity (Wildman–Crippen MR) is 70.2 cm³/mol. The minimum atomic E-state index is -0.528. The Morgan fingerprint density at radius 3 is 2.84 bits per heavy atom. The SMILES string of the molecule is N#Cc1cc(-n2cnc3cc(N)ccc32)ccc1F. The molecular weight excluding hydrogens is 243 g/mol. The molecule has 2 N–H and O–H groups in total.